The van der Waals surface area contributed by atoms with Gasteiger partial charge in [0.25, 0.3) is 0 Å². The number of rotatable bonds is 4. The predicted octanol–water partition coefficient (Wildman–Crippen LogP) is 1.48. The molecule has 1 heterocycles. The van der Waals surface area contributed by atoms with Crippen molar-refractivity contribution in [2.24, 2.45) is 5.73 Å². The van der Waals surface area contributed by atoms with Crippen LogP contribution in [0.25, 0.3) is 11.4 Å². The zero-order chi connectivity index (χ0) is 12.3. The maximum atomic E-state index is 13.6. The Kier molecular flexibility index (Phi) is 3.46. The van der Waals surface area contributed by atoms with Crippen LogP contribution in [0.3, 0.4) is 0 Å². The van der Waals surface area contributed by atoms with E-state index in [1.54, 1.807) is 19.2 Å². The first-order valence-electron chi connectivity index (χ1n) is 5.05. The lowest BCUT2D eigenvalue weighted by Crippen LogP contribution is -1.96. The van der Waals surface area contributed by atoms with Crippen LogP contribution in [0, 0.1) is 5.82 Å². The van der Waals surface area contributed by atoms with Crippen molar-refractivity contribution >= 4 is 0 Å². The van der Waals surface area contributed by atoms with Crippen molar-refractivity contribution in [2.75, 3.05) is 7.11 Å². The molecule has 0 spiro atoms. The zero-order valence-corrected chi connectivity index (χ0v) is 9.31. The van der Waals surface area contributed by atoms with Gasteiger partial charge in [-0.1, -0.05) is 11.2 Å². The van der Waals surface area contributed by atoms with Gasteiger partial charge in [-0.15, -0.1) is 0 Å². The Labute approximate surface area is 97.4 Å². The average Bonchev–Trinajstić information content (AvgIpc) is 2.80. The first kappa shape index (κ1) is 11.7. The summed E-state index contributed by atoms with van der Waals surface area (Å²) in [5.74, 6) is 0.0617. The third kappa shape index (κ3) is 2.48. The molecule has 2 aromatic rings. The molecule has 1 aromatic heterocycles. The molecule has 0 amide bonds. The summed E-state index contributed by atoms with van der Waals surface area (Å²) in [4.78, 5) is 3.98. The van der Waals surface area contributed by atoms with Gasteiger partial charge in [-0.25, -0.2) is 4.39 Å². The van der Waals surface area contributed by atoms with Crippen LogP contribution in [0.1, 0.15) is 11.5 Å². The van der Waals surface area contributed by atoms with Gasteiger partial charge < -0.3 is 15.0 Å². The second-order valence-corrected chi connectivity index (χ2v) is 3.46. The van der Waals surface area contributed by atoms with Crippen molar-refractivity contribution in [1.29, 1.82) is 0 Å². The van der Waals surface area contributed by atoms with Gasteiger partial charge in [0.1, 0.15) is 5.82 Å². The van der Waals surface area contributed by atoms with Crippen molar-refractivity contribution < 1.29 is 13.7 Å². The minimum absolute atomic E-state index is 0.131. The van der Waals surface area contributed by atoms with Crippen LogP contribution in [0.2, 0.25) is 0 Å². The molecule has 90 valence electrons. The molecule has 0 saturated carbocycles. The van der Waals surface area contributed by atoms with E-state index in [0.717, 1.165) is 5.56 Å². The number of hydrogen-bond acceptors (Lipinski definition) is 5. The number of hydrogen-bond donors (Lipinski definition) is 1. The monoisotopic (exact) mass is 237 g/mol. The molecule has 2 rings (SSSR count). The fourth-order valence-electron chi connectivity index (χ4n) is 1.45. The lowest BCUT2D eigenvalue weighted by Gasteiger charge is -2.02. The van der Waals surface area contributed by atoms with E-state index in [9.17, 15) is 4.39 Å². The van der Waals surface area contributed by atoms with Crippen molar-refractivity contribution in [3.63, 3.8) is 0 Å². The fraction of sp³-hybridized carbons (Fsp3) is 0.273. The van der Waals surface area contributed by atoms with E-state index in [1.807, 2.05) is 0 Å². The Hall–Kier alpha value is -1.79. The van der Waals surface area contributed by atoms with Crippen molar-refractivity contribution in [1.82, 2.24) is 10.1 Å². The van der Waals surface area contributed by atoms with Gasteiger partial charge in [0.15, 0.2) is 0 Å². The lowest BCUT2D eigenvalue weighted by atomic mass is 10.1. The van der Waals surface area contributed by atoms with E-state index in [2.05, 4.69) is 10.1 Å². The summed E-state index contributed by atoms with van der Waals surface area (Å²) in [6.07, 6.45) is 0. The molecule has 0 atom stereocenters. The Morgan fingerprint density at radius 1 is 1.47 bits per heavy atom. The largest absolute Gasteiger partial charge is 0.380 e. The Balaban J connectivity index is 2.39. The van der Waals surface area contributed by atoms with E-state index in [0.29, 0.717) is 6.61 Å². The second-order valence-electron chi connectivity index (χ2n) is 3.46. The van der Waals surface area contributed by atoms with Gasteiger partial charge in [0.2, 0.25) is 11.7 Å². The molecular weight excluding hydrogens is 225 g/mol. The molecule has 1 aromatic carbocycles. The first-order valence-corrected chi connectivity index (χ1v) is 5.05. The van der Waals surface area contributed by atoms with Crippen LogP contribution in [0.5, 0.6) is 0 Å². The number of benzene rings is 1. The molecule has 0 unspecified atom stereocenters. The van der Waals surface area contributed by atoms with Gasteiger partial charge in [0, 0.05) is 7.11 Å². The maximum absolute atomic E-state index is 13.6. The van der Waals surface area contributed by atoms with Crippen molar-refractivity contribution in [3.8, 4) is 11.4 Å². The summed E-state index contributed by atoms with van der Waals surface area (Å²) < 4.78 is 23.4. The molecular formula is C11H12FN3O2. The van der Waals surface area contributed by atoms with Crippen LogP contribution >= 0.6 is 0 Å². The van der Waals surface area contributed by atoms with Crippen molar-refractivity contribution in [3.05, 3.63) is 35.5 Å². The summed E-state index contributed by atoms with van der Waals surface area (Å²) in [6, 6.07) is 4.62. The fourth-order valence-corrected chi connectivity index (χ4v) is 1.45. The number of aromatic nitrogens is 2. The minimum Gasteiger partial charge on any atom is -0.380 e. The van der Waals surface area contributed by atoms with Crippen molar-refractivity contribution in [2.45, 2.75) is 13.2 Å². The number of nitrogens with two attached hydrogens (primary N) is 1. The van der Waals surface area contributed by atoms with E-state index in [-0.39, 0.29) is 23.8 Å². The SMILES string of the molecule is COCc1ccc(F)c(-c2noc(CN)n2)c1. The molecule has 0 bridgehead atoms. The summed E-state index contributed by atoms with van der Waals surface area (Å²) in [5.41, 5.74) is 6.46. The molecule has 17 heavy (non-hydrogen) atoms. The van der Waals surface area contributed by atoms with Crippen LogP contribution in [0.15, 0.2) is 22.7 Å². The van der Waals surface area contributed by atoms with E-state index < -0.39 is 5.82 Å². The first-order chi connectivity index (χ1) is 8.24. The zero-order valence-electron chi connectivity index (χ0n) is 9.31. The molecule has 0 radical (unpaired) electrons. The quantitative estimate of drug-likeness (QED) is 0.871. The molecule has 2 N–H and O–H groups in total. The summed E-state index contributed by atoms with van der Waals surface area (Å²) >= 11 is 0. The smallest absolute Gasteiger partial charge is 0.240 e. The highest BCUT2D eigenvalue weighted by Crippen LogP contribution is 2.21. The Morgan fingerprint density at radius 3 is 2.94 bits per heavy atom. The van der Waals surface area contributed by atoms with E-state index in [4.69, 9.17) is 15.0 Å². The van der Waals surface area contributed by atoms with E-state index in [1.165, 1.54) is 6.07 Å². The number of methoxy groups -OCH3 is 1. The Morgan fingerprint density at radius 2 is 2.29 bits per heavy atom. The van der Waals surface area contributed by atoms with Gasteiger partial charge in [0.05, 0.1) is 18.7 Å². The second kappa shape index (κ2) is 5.03. The van der Waals surface area contributed by atoms with Gasteiger partial charge >= 0.3 is 0 Å². The van der Waals surface area contributed by atoms with Gasteiger partial charge in [-0.05, 0) is 17.7 Å². The van der Waals surface area contributed by atoms with Gasteiger partial charge in [-0.2, -0.15) is 4.98 Å². The van der Waals surface area contributed by atoms with Crippen LogP contribution in [0.4, 0.5) is 4.39 Å². The molecule has 5 nitrogen and oxygen atoms in total. The summed E-state index contributed by atoms with van der Waals surface area (Å²) in [7, 11) is 1.57. The highest BCUT2D eigenvalue weighted by molar-refractivity contribution is 5.56. The number of nitrogens with zero attached hydrogens (tertiary/aromatic N) is 2. The van der Waals surface area contributed by atoms with Crippen LogP contribution in [-0.2, 0) is 17.9 Å². The molecule has 0 aliphatic heterocycles. The molecule has 0 aliphatic carbocycles. The summed E-state index contributed by atoms with van der Waals surface area (Å²) in [5, 5.41) is 3.67. The van der Waals surface area contributed by atoms with E-state index >= 15 is 0 Å². The maximum Gasteiger partial charge on any atom is 0.240 e. The topological polar surface area (TPSA) is 74.2 Å². The number of halogens is 1. The molecule has 0 aliphatic rings. The molecule has 0 fully saturated rings. The lowest BCUT2D eigenvalue weighted by molar-refractivity contribution is 0.185. The normalized spacial score (nSPS) is 10.8. The van der Waals surface area contributed by atoms with Gasteiger partial charge in [-0.3, -0.25) is 0 Å². The average molecular weight is 237 g/mol. The third-order valence-corrected chi connectivity index (χ3v) is 2.23. The van der Waals surface area contributed by atoms with Crippen LogP contribution < -0.4 is 5.73 Å². The Bertz CT molecular complexity index is 513. The summed E-state index contributed by atoms with van der Waals surface area (Å²) in [6.45, 7) is 0.529. The molecule has 0 saturated heterocycles. The highest BCUT2D eigenvalue weighted by Gasteiger charge is 2.12. The standard InChI is InChI=1S/C11H12FN3O2/c1-16-6-7-2-3-9(12)8(4-7)11-14-10(5-13)17-15-11/h2-4H,5-6,13H2,1H3. The van der Waals surface area contributed by atoms with Crippen LogP contribution in [-0.4, -0.2) is 17.3 Å². The number of ether oxygens (including phenoxy) is 1. The predicted molar refractivity (Wildman–Crippen MR) is 58.3 cm³/mol. The minimum atomic E-state index is -0.408. The highest BCUT2D eigenvalue weighted by atomic mass is 19.1. The molecule has 6 heteroatoms. The third-order valence-electron chi connectivity index (χ3n) is 2.23.